The van der Waals surface area contributed by atoms with E-state index in [1.807, 2.05) is 20.8 Å². The lowest BCUT2D eigenvalue weighted by molar-refractivity contribution is -0.124. The zero-order valence-corrected chi connectivity index (χ0v) is 10.9. The van der Waals surface area contributed by atoms with E-state index in [1.54, 1.807) is 0 Å². The second kappa shape index (κ2) is 5.80. The van der Waals surface area contributed by atoms with Gasteiger partial charge in [0.05, 0.1) is 12.1 Å². The third kappa shape index (κ3) is 3.94. The van der Waals surface area contributed by atoms with E-state index in [-0.39, 0.29) is 18.6 Å². The number of nitrogens with one attached hydrogen (secondary N) is 1. The molecule has 1 fully saturated rings. The van der Waals surface area contributed by atoms with Crippen molar-refractivity contribution in [1.29, 1.82) is 0 Å². The topological polar surface area (TPSA) is 84.6 Å². The molecule has 0 aromatic heterocycles. The Hall–Kier alpha value is -0.650. The SMILES string of the molecule is CC(C)C[C@H](N)C(=O)NCC1(O)CCOC1C. The van der Waals surface area contributed by atoms with Crippen molar-refractivity contribution in [3.05, 3.63) is 0 Å². The zero-order chi connectivity index (χ0) is 13.1. The van der Waals surface area contributed by atoms with Crippen LogP contribution < -0.4 is 11.1 Å². The first-order valence-corrected chi connectivity index (χ1v) is 6.22. The molecule has 4 N–H and O–H groups in total. The van der Waals surface area contributed by atoms with Gasteiger partial charge in [0, 0.05) is 19.6 Å². The van der Waals surface area contributed by atoms with Gasteiger partial charge >= 0.3 is 0 Å². The van der Waals surface area contributed by atoms with E-state index < -0.39 is 11.6 Å². The van der Waals surface area contributed by atoms with Crippen LogP contribution in [0.5, 0.6) is 0 Å². The molecule has 1 rings (SSSR count). The minimum atomic E-state index is -0.951. The highest BCUT2D eigenvalue weighted by atomic mass is 16.5. The van der Waals surface area contributed by atoms with Gasteiger partial charge < -0.3 is 20.9 Å². The molecule has 1 aliphatic heterocycles. The molecule has 0 aromatic rings. The maximum atomic E-state index is 11.7. The molecule has 0 bridgehead atoms. The molecule has 3 atom stereocenters. The summed E-state index contributed by atoms with van der Waals surface area (Å²) < 4.78 is 5.29. The van der Waals surface area contributed by atoms with E-state index in [4.69, 9.17) is 10.5 Å². The Morgan fingerprint density at radius 1 is 1.65 bits per heavy atom. The molecule has 1 heterocycles. The van der Waals surface area contributed by atoms with Crippen molar-refractivity contribution in [3.63, 3.8) is 0 Å². The van der Waals surface area contributed by atoms with Gasteiger partial charge in [-0.15, -0.1) is 0 Å². The summed E-state index contributed by atoms with van der Waals surface area (Å²) in [5, 5.41) is 12.9. The zero-order valence-electron chi connectivity index (χ0n) is 10.9. The quantitative estimate of drug-likeness (QED) is 0.636. The summed E-state index contributed by atoms with van der Waals surface area (Å²) in [6.45, 7) is 6.60. The number of rotatable bonds is 5. The third-order valence-electron chi connectivity index (χ3n) is 3.29. The Balaban J connectivity index is 2.37. The van der Waals surface area contributed by atoms with Crippen LogP contribution >= 0.6 is 0 Å². The van der Waals surface area contributed by atoms with Gasteiger partial charge in [0.15, 0.2) is 0 Å². The summed E-state index contributed by atoms with van der Waals surface area (Å²) in [5.41, 5.74) is 4.80. The van der Waals surface area contributed by atoms with E-state index in [2.05, 4.69) is 5.32 Å². The molecule has 0 spiro atoms. The van der Waals surface area contributed by atoms with Gasteiger partial charge in [-0.3, -0.25) is 4.79 Å². The Kier molecular flexibility index (Phi) is 4.91. The van der Waals surface area contributed by atoms with Gasteiger partial charge in [-0.2, -0.15) is 0 Å². The Bertz CT molecular complexity index is 270. The summed E-state index contributed by atoms with van der Waals surface area (Å²) in [4.78, 5) is 11.7. The van der Waals surface area contributed by atoms with Crippen molar-refractivity contribution in [2.45, 2.75) is 51.4 Å². The van der Waals surface area contributed by atoms with Crippen molar-refractivity contribution in [2.75, 3.05) is 13.2 Å². The number of hydrogen-bond donors (Lipinski definition) is 3. The van der Waals surface area contributed by atoms with Crippen molar-refractivity contribution >= 4 is 5.91 Å². The second-order valence-electron chi connectivity index (χ2n) is 5.32. The second-order valence-corrected chi connectivity index (χ2v) is 5.32. The van der Waals surface area contributed by atoms with Gasteiger partial charge in [-0.05, 0) is 19.3 Å². The summed E-state index contributed by atoms with van der Waals surface area (Å²) in [7, 11) is 0. The van der Waals surface area contributed by atoms with E-state index in [0.29, 0.717) is 25.4 Å². The fraction of sp³-hybridized carbons (Fsp3) is 0.917. The molecule has 0 saturated carbocycles. The van der Waals surface area contributed by atoms with E-state index in [9.17, 15) is 9.90 Å². The number of hydrogen-bond acceptors (Lipinski definition) is 4. The average Bonchev–Trinajstić information content (AvgIpc) is 2.55. The first-order chi connectivity index (χ1) is 7.85. The van der Waals surface area contributed by atoms with Crippen LogP contribution in [0.4, 0.5) is 0 Å². The van der Waals surface area contributed by atoms with Gasteiger partial charge in [-0.25, -0.2) is 0 Å². The first kappa shape index (κ1) is 14.4. The summed E-state index contributed by atoms with van der Waals surface area (Å²) >= 11 is 0. The van der Waals surface area contributed by atoms with Crippen LogP contribution in [0, 0.1) is 5.92 Å². The maximum Gasteiger partial charge on any atom is 0.237 e. The predicted molar refractivity (Wildman–Crippen MR) is 65.4 cm³/mol. The standard InChI is InChI=1S/C12H24N2O3/c1-8(2)6-10(13)11(15)14-7-12(16)4-5-17-9(12)3/h8-10,16H,4-7,13H2,1-3H3,(H,14,15)/t9?,10-,12?/m0/s1. The highest BCUT2D eigenvalue weighted by Crippen LogP contribution is 2.24. The number of carbonyl (C=O) groups excluding carboxylic acids is 1. The van der Waals surface area contributed by atoms with Crippen LogP contribution in [0.25, 0.3) is 0 Å². The summed E-state index contributed by atoms with van der Waals surface area (Å²) in [5.74, 6) is 0.179. The lowest BCUT2D eigenvalue weighted by Gasteiger charge is -2.27. The summed E-state index contributed by atoms with van der Waals surface area (Å²) in [6, 6.07) is -0.503. The predicted octanol–water partition coefficient (Wildman–Crippen LogP) is 0.0159. The molecule has 5 nitrogen and oxygen atoms in total. The maximum absolute atomic E-state index is 11.7. The molecule has 100 valence electrons. The molecule has 17 heavy (non-hydrogen) atoms. The third-order valence-corrected chi connectivity index (χ3v) is 3.29. The van der Waals surface area contributed by atoms with Crippen LogP contribution in [0.3, 0.4) is 0 Å². The monoisotopic (exact) mass is 244 g/mol. The highest BCUT2D eigenvalue weighted by Gasteiger charge is 2.39. The molecule has 0 aliphatic carbocycles. The fourth-order valence-corrected chi connectivity index (χ4v) is 1.99. The Labute approximate surface area is 103 Å². The average molecular weight is 244 g/mol. The first-order valence-electron chi connectivity index (χ1n) is 6.22. The summed E-state index contributed by atoms with van der Waals surface area (Å²) in [6.07, 6.45) is 0.952. The van der Waals surface area contributed by atoms with Crippen molar-refractivity contribution in [1.82, 2.24) is 5.32 Å². The normalized spacial score (nSPS) is 30.6. The number of ether oxygens (including phenoxy) is 1. The Morgan fingerprint density at radius 3 is 2.76 bits per heavy atom. The largest absolute Gasteiger partial charge is 0.385 e. The van der Waals surface area contributed by atoms with Crippen molar-refractivity contribution < 1.29 is 14.6 Å². The molecule has 0 radical (unpaired) electrons. The number of amides is 1. The minimum absolute atomic E-state index is 0.203. The van der Waals surface area contributed by atoms with Crippen LogP contribution in [0.2, 0.25) is 0 Å². The van der Waals surface area contributed by atoms with E-state index in [0.717, 1.165) is 0 Å². The lowest BCUT2D eigenvalue weighted by atomic mass is 9.96. The molecule has 1 amide bonds. The molecular formula is C12H24N2O3. The molecule has 5 heteroatoms. The smallest absolute Gasteiger partial charge is 0.237 e. The van der Waals surface area contributed by atoms with Crippen LogP contribution in [-0.2, 0) is 9.53 Å². The molecule has 2 unspecified atom stereocenters. The highest BCUT2D eigenvalue weighted by molar-refractivity contribution is 5.81. The van der Waals surface area contributed by atoms with Crippen LogP contribution in [0.15, 0.2) is 0 Å². The molecule has 1 aliphatic rings. The Morgan fingerprint density at radius 2 is 2.29 bits per heavy atom. The van der Waals surface area contributed by atoms with E-state index >= 15 is 0 Å². The van der Waals surface area contributed by atoms with Crippen molar-refractivity contribution in [3.8, 4) is 0 Å². The number of aliphatic hydroxyl groups is 1. The molecular weight excluding hydrogens is 220 g/mol. The van der Waals surface area contributed by atoms with Gasteiger partial charge in [0.25, 0.3) is 0 Å². The molecule has 0 aromatic carbocycles. The van der Waals surface area contributed by atoms with Crippen molar-refractivity contribution in [2.24, 2.45) is 11.7 Å². The fourth-order valence-electron chi connectivity index (χ4n) is 1.99. The number of carbonyl (C=O) groups is 1. The van der Waals surface area contributed by atoms with Crippen LogP contribution in [0.1, 0.15) is 33.6 Å². The number of nitrogens with two attached hydrogens (primary N) is 1. The minimum Gasteiger partial charge on any atom is -0.385 e. The van der Waals surface area contributed by atoms with E-state index in [1.165, 1.54) is 0 Å². The van der Waals surface area contributed by atoms with Gasteiger partial charge in [-0.1, -0.05) is 13.8 Å². The molecule has 1 saturated heterocycles. The van der Waals surface area contributed by atoms with Crippen LogP contribution in [-0.4, -0.2) is 41.9 Å². The van der Waals surface area contributed by atoms with Gasteiger partial charge in [0.2, 0.25) is 5.91 Å². The lowest BCUT2D eigenvalue weighted by Crippen LogP contribution is -2.51. The van der Waals surface area contributed by atoms with Gasteiger partial charge in [0.1, 0.15) is 5.60 Å².